The molecule has 1 aliphatic carbocycles. The molecule has 0 atom stereocenters. The van der Waals surface area contributed by atoms with Crippen LogP contribution in [0.2, 0.25) is 0 Å². The molecule has 1 amide bonds. The lowest BCUT2D eigenvalue weighted by molar-refractivity contribution is -0.117. The number of amides is 1. The first-order chi connectivity index (χ1) is 10.6. The summed E-state index contributed by atoms with van der Waals surface area (Å²) in [5, 5.41) is 2.83. The lowest BCUT2D eigenvalue weighted by Crippen LogP contribution is -2.13. The van der Waals surface area contributed by atoms with E-state index in [4.69, 9.17) is 4.74 Å². The number of anilines is 1. The van der Waals surface area contributed by atoms with E-state index in [9.17, 15) is 9.59 Å². The summed E-state index contributed by atoms with van der Waals surface area (Å²) >= 11 is 3.32. The molecule has 0 spiro atoms. The van der Waals surface area contributed by atoms with Crippen molar-refractivity contribution in [2.24, 2.45) is 5.92 Å². The van der Waals surface area contributed by atoms with Gasteiger partial charge in [-0.2, -0.15) is 0 Å². The van der Waals surface area contributed by atoms with E-state index in [1.54, 1.807) is 48.5 Å². The van der Waals surface area contributed by atoms with E-state index < -0.39 is 5.97 Å². The molecule has 0 unspecified atom stereocenters. The van der Waals surface area contributed by atoms with Gasteiger partial charge >= 0.3 is 5.97 Å². The molecule has 2 aromatic carbocycles. The number of carbonyl (C=O) groups is 2. The largest absolute Gasteiger partial charge is 0.423 e. The number of hydrogen-bond acceptors (Lipinski definition) is 3. The Morgan fingerprint density at radius 2 is 1.64 bits per heavy atom. The molecular weight excluding hydrogens is 346 g/mol. The molecule has 1 fully saturated rings. The number of halogens is 1. The SMILES string of the molecule is O=C(Oc1ccc(Br)cc1)c1ccc(NC(=O)C2CC2)cc1. The number of hydrogen-bond donors (Lipinski definition) is 1. The van der Waals surface area contributed by atoms with Crippen molar-refractivity contribution in [1.29, 1.82) is 0 Å². The number of benzene rings is 2. The smallest absolute Gasteiger partial charge is 0.343 e. The quantitative estimate of drug-likeness (QED) is 0.662. The van der Waals surface area contributed by atoms with E-state index >= 15 is 0 Å². The van der Waals surface area contributed by atoms with Gasteiger partial charge in [0.25, 0.3) is 0 Å². The standard InChI is InChI=1S/C17H14BrNO3/c18-13-5-9-15(10-6-13)22-17(21)12-3-7-14(8-4-12)19-16(20)11-1-2-11/h3-11H,1-2H2,(H,19,20). The fourth-order valence-electron chi connectivity index (χ4n) is 1.95. The van der Waals surface area contributed by atoms with Crippen LogP contribution in [0.15, 0.2) is 53.0 Å². The average Bonchev–Trinajstić information content (AvgIpc) is 3.35. The third-order valence-corrected chi connectivity index (χ3v) is 3.89. The highest BCUT2D eigenvalue weighted by molar-refractivity contribution is 9.10. The van der Waals surface area contributed by atoms with Crippen molar-refractivity contribution in [3.8, 4) is 5.75 Å². The van der Waals surface area contributed by atoms with Gasteiger partial charge in [-0.25, -0.2) is 4.79 Å². The second-order valence-corrected chi connectivity index (χ2v) is 6.10. The summed E-state index contributed by atoms with van der Waals surface area (Å²) in [6.45, 7) is 0. The van der Waals surface area contributed by atoms with Crippen molar-refractivity contribution in [2.45, 2.75) is 12.8 Å². The van der Waals surface area contributed by atoms with Gasteiger partial charge < -0.3 is 10.1 Å². The highest BCUT2D eigenvalue weighted by atomic mass is 79.9. The zero-order valence-corrected chi connectivity index (χ0v) is 13.3. The van der Waals surface area contributed by atoms with Gasteiger partial charge in [0.2, 0.25) is 5.91 Å². The minimum absolute atomic E-state index is 0.0465. The van der Waals surface area contributed by atoms with Crippen molar-refractivity contribution < 1.29 is 14.3 Å². The van der Waals surface area contributed by atoms with Crippen LogP contribution in [0.3, 0.4) is 0 Å². The van der Waals surface area contributed by atoms with E-state index in [0.29, 0.717) is 17.0 Å². The molecule has 5 heteroatoms. The maximum absolute atomic E-state index is 12.0. The Hall–Kier alpha value is -2.14. The van der Waals surface area contributed by atoms with E-state index in [1.807, 2.05) is 0 Å². The average molecular weight is 360 g/mol. The van der Waals surface area contributed by atoms with E-state index in [-0.39, 0.29) is 11.8 Å². The second-order valence-electron chi connectivity index (χ2n) is 5.18. The normalized spacial score (nSPS) is 13.5. The predicted molar refractivity (Wildman–Crippen MR) is 86.9 cm³/mol. The number of ether oxygens (including phenoxy) is 1. The minimum atomic E-state index is -0.428. The highest BCUT2D eigenvalue weighted by Crippen LogP contribution is 2.30. The van der Waals surface area contributed by atoms with Crippen molar-refractivity contribution in [2.75, 3.05) is 5.32 Å². The summed E-state index contributed by atoms with van der Waals surface area (Å²) in [7, 11) is 0. The molecule has 1 saturated carbocycles. The van der Waals surface area contributed by atoms with Crippen LogP contribution in [0.25, 0.3) is 0 Å². The van der Waals surface area contributed by atoms with Crippen molar-refractivity contribution >= 4 is 33.5 Å². The van der Waals surface area contributed by atoms with Crippen LogP contribution < -0.4 is 10.1 Å². The Morgan fingerprint density at radius 1 is 1.00 bits per heavy atom. The van der Waals surface area contributed by atoms with Gasteiger partial charge in [0.05, 0.1) is 5.56 Å². The Balaban J connectivity index is 1.62. The van der Waals surface area contributed by atoms with Gasteiger partial charge in [-0.3, -0.25) is 4.79 Å². The van der Waals surface area contributed by atoms with Crippen LogP contribution in [0.4, 0.5) is 5.69 Å². The van der Waals surface area contributed by atoms with Gasteiger partial charge in [-0.1, -0.05) is 15.9 Å². The van der Waals surface area contributed by atoms with Crippen LogP contribution in [-0.2, 0) is 4.79 Å². The lowest BCUT2D eigenvalue weighted by Gasteiger charge is -2.07. The first-order valence-electron chi connectivity index (χ1n) is 7.00. The predicted octanol–water partition coefficient (Wildman–Crippen LogP) is 4.02. The van der Waals surface area contributed by atoms with Gasteiger partial charge in [0, 0.05) is 16.1 Å². The van der Waals surface area contributed by atoms with Crippen molar-refractivity contribution in [3.63, 3.8) is 0 Å². The Morgan fingerprint density at radius 3 is 2.23 bits per heavy atom. The summed E-state index contributed by atoms with van der Waals surface area (Å²) in [6.07, 6.45) is 1.92. The summed E-state index contributed by atoms with van der Waals surface area (Å²) in [5.74, 6) is 0.258. The topological polar surface area (TPSA) is 55.4 Å². The molecule has 1 N–H and O–H groups in total. The van der Waals surface area contributed by atoms with Crippen LogP contribution in [0.5, 0.6) is 5.75 Å². The molecule has 0 bridgehead atoms. The minimum Gasteiger partial charge on any atom is -0.423 e. The molecule has 112 valence electrons. The zero-order chi connectivity index (χ0) is 15.5. The molecule has 22 heavy (non-hydrogen) atoms. The maximum Gasteiger partial charge on any atom is 0.343 e. The van der Waals surface area contributed by atoms with Crippen LogP contribution >= 0.6 is 15.9 Å². The molecule has 0 aromatic heterocycles. The van der Waals surface area contributed by atoms with Gasteiger partial charge in [-0.15, -0.1) is 0 Å². The van der Waals surface area contributed by atoms with Gasteiger partial charge in [0.1, 0.15) is 5.75 Å². The highest BCUT2D eigenvalue weighted by Gasteiger charge is 2.29. The van der Waals surface area contributed by atoms with Gasteiger partial charge in [-0.05, 0) is 61.4 Å². The Labute approximate surface area is 136 Å². The molecule has 3 rings (SSSR count). The summed E-state index contributed by atoms with van der Waals surface area (Å²) in [6, 6.07) is 13.7. The molecule has 1 aliphatic rings. The maximum atomic E-state index is 12.0. The third kappa shape index (κ3) is 3.74. The molecule has 0 heterocycles. The third-order valence-electron chi connectivity index (χ3n) is 3.36. The van der Waals surface area contributed by atoms with Gasteiger partial charge in [0.15, 0.2) is 0 Å². The fourth-order valence-corrected chi connectivity index (χ4v) is 2.21. The first-order valence-corrected chi connectivity index (χ1v) is 7.80. The summed E-state index contributed by atoms with van der Waals surface area (Å²) < 4.78 is 6.20. The molecule has 0 radical (unpaired) electrons. The first kappa shape index (κ1) is 14.8. The van der Waals surface area contributed by atoms with E-state index in [1.165, 1.54) is 0 Å². The van der Waals surface area contributed by atoms with Crippen molar-refractivity contribution in [3.05, 3.63) is 58.6 Å². The summed E-state index contributed by atoms with van der Waals surface area (Å²) in [4.78, 5) is 23.7. The Bertz CT molecular complexity index is 691. The van der Waals surface area contributed by atoms with Crippen LogP contribution in [0, 0.1) is 5.92 Å². The van der Waals surface area contributed by atoms with Crippen molar-refractivity contribution in [1.82, 2.24) is 0 Å². The molecule has 4 nitrogen and oxygen atoms in total. The zero-order valence-electron chi connectivity index (χ0n) is 11.7. The van der Waals surface area contributed by atoms with E-state index in [0.717, 1.165) is 17.3 Å². The number of esters is 1. The van der Waals surface area contributed by atoms with Crippen LogP contribution in [-0.4, -0.2) is 11.9 Å². The van der Waals surface area contributed by atoms with Crippen LogP contribution in [0.1, 0.15) is 23.2 Å². The van der Waals surface area contributed by atoms with E-state index in [2.05, 4.69) is 21.2 Å². The fraction of sp³-hybridized carbons (Fsp3) is 0.176. The Kier molecular flexibility index (Phi) is 4.24. The number of rotatable bonds is 4. The molecule has 0 aliphatic heterocycles. The molecular formula is C17H14BrNO3. The number of carbonyl (C=O) groups excluding carboxylic acids is 2. The molecule has 0 saturated heterocycles. The summed E-state index contributed by atoms with van der Waals surface area (Å²) in [5.41, 5.74) is 1.13. The lowest BCUT2D eigenvalue weighted by atomic mass is 10.2. The number of nitrogens with one attached hydrogen (secondary N) is 1. The monoisotopic (exact) mass is 359 g/mol. The molecule has 2 aromatic rings. The second kappa shape index (κ2) is 6.32.